The first-order chi connectivity index (χ1) is 7.70. The second-order valence-electron chi connectivity index (χ2n) is 3.70. The molecule has 1 unspecified atom stereocenters. The number of imidazole rings is 1. The third-order valence-corrected chi connectivity index (χ3v) is 3.07. The number of benzene rings is 1. The van der Waals surface area contributed by atoms with Crippen LogP contribution in [-0.2, 0) is 0 Å². The molecule has 0 aliphatic carbocycles. The summed E-state index contributed by atoms with van der Waals surface area (Å²) in [5.41, 5.74) is 8.03. The third kappa shape index (κ3) is 2.33. The van der Waals surface area contributed by atoms with Crippen LogP contribution in [0.5, 0.6) is 0 Å². The maximum Gasteiger partial charge on any atom is 0.123 e. The molecule has 0 saturated carbocycles. The van der Waals surface area contributed by atoms with Crippen LogP contribution in [0.3, 0.4) is 0 Å². The first-order valence-electron chi connectivity index (χ1n) is 5.27. The number of H-pyrrole nitrogens is 1. The Bertz CT molecular complexity index is 461. The van der Waals surface area contributed by atoms with Crippen LogP contribution >= 0.6 is 15.9 Å². The molecule has 2 rings (SSSR count). The lowest BCUT2D eigenvalue weighted by molar-refractivity contribution is 0.658. The summed E-state index contributed by atoms with van der Waals surface area (Å²) < 4.78 is 1.07. The van der Waals surface area contributed by atoms with Crippen molar-refractivity contribution in [3.8, 4) is 11.3 Å². The van der Waals surface area contributed by atoms with E-state index in [-0.39, 0.29) is 6.04 Å². The Labute approximate surface area is 103 Å². The van der Waals surface area contributed by atoms with Crippen LogP contribution in [0, 0.1) is 0 Å². The van der Waals surface area contributed by atoms with Crippen LogP contribution in [0.25, 0.3) is 11.3 Å². The summed E-state index contributed by atoms with van der Waals surface area (Å²) in [4.78, 5) is 7.54. The fourth-order valence-electron chi connectivity index (χ4n) is 1.49. The summed E-state index contributed by atoms with van der Waals surface area (Å²) in [6.07, 6.45) is 2.71. The van der Waals surface area contributed by atoms with E-state index in [0.29, 0.717) is 0 Å². The Kier molecular flexibility index (Phi) is 3.41. The van der Waals surface area contributed by atoms with E-state index in [9.17, 15) is 0 Å². The van der Waals surface area contributed by atoms with Crippen molar-refractivity contribution >= 4 is 15.9 Å². The highest BCUT2D eigenvalue weighted by Crippen LogP contribution is 2.21. The minimum atomic E-state index is -0.0100. The zero-order valence-corrected chi connectivity index (χ0v) is 10.7. The zero-order chi connectivity index (χ0) is 11.5. The van der Waals surface area contributed by atoms with Gasteiger partial charge in [-0.15, -0.1) is 0 Å². The predicted octanol–water partition coefficient (Wildman–Crippen LogP) is 3.25. The van der Waals surface area contributed by atoms with Gasteiger partial charge in [0.25, 0.3) is 0 Å². The fourth-order valence-corrected chi connectivity index (χ4v) is 1.76. The van der Waals surface area contributed by atoms with Crippen molar-refractivity contribution in [2.24, 2.45) is 5.73 Å². The highest BCUT2D eigenvalue weighted by Gasteiger charge is 2.08. The maximum absolute atomic E-state index is 5.91. The van der Waals surface area contributed by atoms with E-state index >= 15 is 0 Å². The first kappa shape index (κ1) is 11.4. The van der Waals surface area contributed by atoms with Gasteiger partial charge >= 0.3 is 0 Å². The van der Waals surface area contributed by atoms with Gasteiger partial charge in [0.1, 0.15) is 5.82 Å². The fraction of sp³-hybridized carbons (Fsp3) is 0.250. The molecule has 1 heterocycles. The van der Waals surface area contributed by atoms with Crippen LogP contribution in [0.1, 0.15) is 25.2 Å². The molecule has 2 aromatic rings. The second-order valence-corrected chi connectivity index (χ2v) is 4.62. The van der Waals surface area contributed by atoms with E-state index in [4.69, 9.17) is 5.73 Å². The van der Waals surface area contributed by atoms with Gasteiger partial charge in [0.2, 0.25) is 0 Å². The van der Waals surface area contributed by atoms with Gasteiger partial charge in [-0.2, -0.15) is 0 Å². The molecule has 0 spiro atoms. The quantitative estimate of drug-likeness (QED) is 0.906. The molecule has 0 saturated heterocycles. The van der Waals surface area contributed by atoms with E-state index in [1.54, 1.807) is 0 Å². The zero-order valence-electron chi connectivity index (χ0n) is 9.07. The minimum Gasteiger partial charge on any atom is -0.341 e. The third-order valence-electron chi connectivity index (χ3n) is 2.54. The number of nitrogens with zero attached hydrogens (tertiary/aromatic N) is 1. The highest BCUT2D eigenvalue weighted by molar-refractivity contribution is 9.10. The number of nitrogens with two attached hydrogens (primary N) is 1. The normalized spacial score (nSPS) is 12.7. The number of hydrogen-bond acceptors (Lipinski definition) is 2. The van der Waals surface area contributed by atoms with Gasteiger partial charge in [0.05, 0.1) is 17.9 Å². The Morgan fingerprint density at radius 2 is 2.06 bits per heavy atom. The lowest BCUT2D eigenvalue weighted by atomic mass is 10.2. The molecular formula is C12H14BrN3. The summed E-state index contributed by atoms with van der Waals surface area (Å²) in [6, 6.07) is 8.09. The van der Waals surface area contributed by atoms with Crippen LogP contribution in [0.4, 0.5) is 0 Å². The highest BCUT2D eigenvalue weighted by atomic mass is 79.9. The summed E-state index contributed by atoms with van der Waals surface area (Å²) >= 11 is 3.41. The molecule has 1 atom stereocenters. The molecule has 1 aromatic heterocycles. The van der Waals surface area contributed by atoms with E-state index < -0.39 is 0 Å². The van der Waals surface area contributed by atoms with Crippen molar-refractivity contribution in [1.82, 2.24) is 9.97 Å². The molecule has 0 amide bonds. The van der Waals surface area contributed by atoms with Gasteiger partial charge in [-0.3, -0.25) is 0 Å². The molecule has 16 heavy (non-hydrogen) atoms. The molecular weight excluding hydrogens is 266 g/mol. The average molecular weight is 280 g/mol. The van der Waals surface area contributed by atoms with Crippen LogP contribution in [0.2, 0.25) is 0 Å². The average Bonchev–Trinajstić information content (AvgIpc) is 2.78. The second kappa shape index (κ2) is 4.80. The van der Waals surface area contributed by atoms with Gasteiger partial charge in [-0.05, 0) is 24.1 Å². The largest absolute Gasteiger partial charge is 0.341 e. The van der Waals surface area contributed by atoms with Crippen LogP contribution < -0.4 is 5.73 Å². The molecule has 3 nitrogen and oxygen atoms in total. The van der Waals surface area contributed by atoms with Gasteiger partial charge in [0, 0.05) is 4.47 Å². The number of rotatable bonds is 3. The summed E-state index contributed by atoms with van der Waals surface area (Å²) in [5.74, 6) is 0.848. The summed E-state index contributed by atoms with van der Waals surface area (Å²) in [7, 11) is 0. The first-order valence-corrected chi connectivity index (χ1v) is 6.06. The van der Waals surface area contributed by atoms with Gasteiger partial charge in [-0.25, -0.2) is 4.98 Å². The number of halogens is 1. The minimum absolute atomic E-state index is 0.0100. The van der Waals surface area contributed by atoms with Crippen molar-refractivity contribution in [1.29, 1.82) is 0 Å². The molecule has 0 aliphatic heterocycles. The number of aromatic nitrogens is 2. The van der Waals surface area contributed by atoms with E-state index in [0.717, 1.165) is 28.0 Å². The number of aromatic amines is 1. The Hall–Kier alpha value is -1.13. The molecule has 0 aliphatic rings. The Morgan fingerprint density at radius 3 is 2.69 bits per heavy atom. The molecule has 0 bridgehead atoms. The van der Waals surface area contributed by atoms with Gasteiger partial charge in [-0.1, -0.05) is 35.0 Å². The molecule has 1 aromatic carbocycles. The SMILES string of the molecule is CCC(N)c1ncc(-c2ccc(Br)cc2)[nH]1. The predicted molar refractivity (Wildman–Crippen MR) is 68.9 cm³/mol. The molecule has 4 heteroatoms. The van der Waals surface area contributed by atoms with Gasteiger partial charge in [0.15, 0.2) is 0 Å². The van der Waals surface area contributed by atoms with Crippen LogP contribution in [0.15, 0.2) is 34.9 Å². The van der Waals surface area contributed by atoms with Crippen molar-refractivity contribution < 1.29 is 0 Å². The Morgan fingerprint density at radius 1 is 1.38 bits per heavy atom. The summed E-state index contributed by atoms with van der Waals surface area (Å²) in [5, 5.41) is 0. The van der Waals surface area contributed by atoms with Crippen molar-refractivity contribution in [2.75, 3.05) is 0 Å². The van der Waals surface area contributed by atoms with Gasteiger partial charge < -0.3 is 10.7 Å². The van der Waals surface area contributed by atoms with Crippen molar-refractivity contribution in [2.45, 2.75) is 19.4 Å². The van der Waals surface area contributed by atoms with E-state index in [1.807, 2.05) is 37.4 Å². The Balaban J connectivity index is 2.28. The summed E-state index contributed by atoms with van der Waals surface area (Å²) in [6.45, 7) is 2.05. The number of hydrogen-bond donors (Lipinski definition) is 2. The van der Waals surface area contributed by atoms with Crippen molar-refractivity contribution in [3.63, 3.8) is 0 Å². The van der Waals surface area contributed by atoms with Crippen LogP contribution in [-0.4, -0.2) is 9.97 Å². The van der Waals surface area contributed by atoms with E-state index in [2.05, 4.69) is 25.9 Å². The standard InChI is InChI=1S/C12H14BrN3/c1-2-10(14)12-15-7-11(16-12)8-3-5-9(13)6-4-8/h3-7,10H,2,14H2,1H3,(H,15,16). The molecule has 84 valence electrons. The lowest BCUT2D eigenvalue weighted by Crippen LogP contribution is -2.10. The molecule has 0 radical (unpaired) electrons. The topological polar surface area (TPSA) is 54.7 Å². The van der Waals surface area contributed by atoms with Crippen molar-refractivity contribution in [3.05, 3.63) is 40.8 Å². The molecule has 3 N–H and O–H groups in total. The monoisotopic (exact) mass is 279 g/mol. The maximum atomic E-state index is 5.91. The van der Waals surface area contributed by atoms with E-state index in [1.165, 1.54) is 0 Å². The number of nitrogens with one attached hydrogen (secondary N) is 1. The smallest absolute Gasteiger partial charge is 0.123 e. The molecule has 0 fully saturated rings. The lowest BCUT2D eigenvalue weighted by Gasteiger charge is -2.03.